The van der Waals surface area contributed by atoms with Gasteiger partial charge < -0.3 is 0 Å². The van der Waals surface area contributed by atoms with Gasteiger partial charge >= 0.3 is 5.69 Å². The molecule has 0 bridgehead atoms. The zero-order valence-corrected chi connectivity index (χ0v) is 20.6. The van der Waals surface area contributed by atoms with Crippen molar-refractivity contribution < 1.29 is 0 Å². The molecule has 0 atom stereocenters. The van der Waals surface area contributed by atoms with Crippen molar-refractivity contribution in [2.24, 2.45) is 5.92 Å². The minimum atomic E-state index is 0.109. The van der Waals surface area contributed by atoms with Crippen LogP contribution < -0.4 is 5.69 Å². The summed E-state index contributed by atoms with van der Waals surface area (Å²) in [6.45, 7) is 10.1. The van der Waals surface area contributed by atoms with Crippen molar-refractivity contribution >= 4 is 0 Å². The van der Waals surface area contributed by atoms with Gasteiger partial charge in [0.1, 0.15) is 6.33 Å². The molecule has 0 radical (unpaired) electrons. The number of tetrazole rings is 1. The highest BCUT2D eigenvalue weighted by Gasteiger charge is 2.17. The summed E-state index contributed by atoms with van der Waals surface area (Å²) in [7, 11) is 0. The van der Waals surface area contributed by atoms with Gasteiger partial charge in [0.25, 0.3) is 0 Å². The Balaban J connectivity index is 1.64. The number of para-hydroxylation sites is 1. The highest BCUT2D eigenvalue weighted by Crippen LogP contribution is 2.26. The van der Waals surface area contributed by atoms with Crippen molar-refractivity contribution in [2.45, 2.75) is 66.5 Å². The van der Waals surface area contributed by atoms with Crippen LogP contribution in [0.3, 0.4) is 0 Å². The molecule has 2 aromatic heterocycles. The van der Waals surface area contributed by atoms with Crippen LogP contribution in [-0.4, -0.2) is 29.3 Å². The van der Waals surface area contributed by atoms with Crippen LogP contribution in [0.4, 0.5) is 0 Å². The highest BCUT2D eigenvalue weighted by molar-refractivity contribution is 5.72. The monoisotopic (exact) mass is 458 g/mol. The first-order valence-electron chi connectivity index (χ1n) is 12.2. The zero-order valence-electron chi connectivity index (χ0n) is 20.6. The van der Waals surface area contributed by atoms with Gasteiger partial charge in [-0.1, -0.05) is 69.7 Å². The molecule has 0 saturated carbocycles. The number of aromatic nitrogens is 6. The normalized spacial score (nSPS) is 11.4. The van der Waals surface area contributed by atoms with Gasteiger partial charge in [-0.3, -0.25) is 9.13 Å². The van der Waals surface area contributed by atoms with Crippen LogP contribution in [0.15, 0.2) is 59.7 Å². The number of nitrogens with zero attached hydrogens (tertiary/aromatic N) is 6. The highest BCUT2D eigenvalue weighted by atomic mass is 16.1. The summed E-state index contributed by atoms with van der Waals surface area (Å²) in [4.78, 5) is 13.3. The van der Waals surface area contributed by atoms with Crippen molar-refractivity contribution in [3.8, 4) is 16.8 Å². The summed E-state index contributed by atoms with van der Waals surface area (Å²) >= 11 is 0. The molecule has 34 heavy (non-hydrogen) atoms. The van der Waals surface area contributed by atoms with Crippen LogP contribution in [0.25, 0.3) is 16.8 Å². The average Bonchev–Trinajstić information content (AvgIpc) is 3.45. The fourth-order valence-electron chi connectivity index (χ4n) is 4.40. The predicted molar refractivity (Wildman–Crippen MR) is 135 cm³/mol. The Morgan fingerprint density at radius 2 is 1.76 bits per heavy atom. The summed E-state index contributed by atoms with van der Waals surface area (Å²) < 4.78 is 5.62. The molecular weight excluding hydrogens is 424 g/mol. The van der Waals surface area contributed by atoms with Gasteiger partial charge in [-0.25, -0.2) is 4.79 Å². The maximum Gasteiger partial charge on any atom is 0.328 e. The second-order valence-electron chi connectivity index (χ2n) is 9.31. The molecule has 0 amide bonds. The summed E-state index contributed by atoms with van der Waals surface area (Å²) in [5.41, 5.74) is 6.57. The van der Waals surface area contributed by atoms with E-state index in [4.69, 9.17) is 0 Å². The van der Waals surface area contributed by atoms with Crippen LogP contribution in [-0.2, 0) is 19.5 Å². The van der Waals surface area contributed by atoms with E-state index >= 15 is 0 Å². The number of unbranched alkanes of at least 4 members (excludes halogenated alkanes) is 1. The van der Waals surface area contributed by atoms with Crippen LogP contribution in [0, 0.1) is 12.8 Å². The van der Waals surface area contributed by atoms with Gasteiger partial charge in [-0.2, -0.15) is 4.68 Å². The molecule has 2 aromatic carbocycles. The molecule has 0 aliphatic heterocycles. The quantitative estimate of drug-likeness (QED) is 0.334. The third-order valence-corrected chi connectivity index (χ3v) is 6.41. The van der Waals surface area contributed by atoms with E-state index in [2.05, 4.69) is 73.6 Å². The maximum absolute atomic E-state index is 13.3. The molecule has 4 rings (SSSR count). The molecule has 0 fully saturated rings. The van der Waals surface area contributed by atoms with Gasteiger partial charge in [-0.15, -0.1) is 5.10 Å². The molecule has 0 N–H and O–H groups in total. The topological polar surface area (TPSA) is 70.5 Å². The minimum Gasteiger partial charge on any atom is -0.296 e. The Hall–Kier alpha value is -3.48. The van der Waals surface area contributed by atoms with E-state index in [0.717, 1.165) is 60.3 Å². The lowest BCUT2D eigenvalue weighted by atomic mass is 10.0. The van der Waals surface area contributed by atoms with E-state index in [-0.39, 0.29) is 5.69 Å². The number of hydrogen-bond donors (Lipinski definition) is 0. The molecule has 0 saturated heterocycles. The van der Waals surface area contributed by atoms with Crippen molar-refractivity contribution in [3.63, 3.8) is 0 Å². The average molecular weight is 459 g/mol. The standard InChI is InChI=1S/C27H34N6O/c1-5-6-17-31-21(4)25(16-11-20(2)3)32(27(31)34)18-22-12-14-23(15-13-22)24-9-7-8-10-26(24)33-19-28-29-30-33/h7-10,12-15,19-20H,5-6,11,16-18H2,1-4H3. The third-order valence-electron chi connectivity index (χ3n) is 6.41. The number of hydrogen-bond acceptors (Lipinski definition) is 4. The Bertz CT molecular complexity index is 1270. The second kappa shape index (κ2) is 10.6. The van der Waals surface area contributed by atoms with Crippen molar-refractivity contribution in [1.82, 2.24) is 29.3 Å². The summed E-state index contributed by atoms with van der Waals surface area (Å²) in [5.74, 6) is 0.599. The minimum absolute atomic E-state index is 0.109. The maximum atomic E-state index is 13.3. The van der Waals surface area contributed by atoms with E-state index in [9.17, 15) is 4.79 Å². The molecule has 7 nitrogen and oxygen atoms in total. The van der Waals surface area contributed by atoms with Gasteiger partial charge in [0.05, 0.1) is 12.2 Å². The first-order chi connectivity index (χ1) is 16.5. The lowest BCUT2D eigenvalue weighted by molar-refractivity contribution is 0.563. The van der Waals surface area contributed by atoms with Gasteiger partial charge in [-0.05, 0) is 59.7 Å². The second-order valence-corrected chi connectivity index (χ2v) is 9.31. The van der Waals surface area contributed by atoms with E-state index in [1.54, 1.807) is 11.0 Å². The van der Waals surface area contributed by atoms with Crippen LogP contribution in [0.2, 0.25) is 0 Å². The molecule has 7 heteroatoms. The smallest absolute Gasteiger partial charge is 0.296 e. The van der Waals surface area contributed by atoms with Crippen LogP contribution in [0.1, 0.15) is 57.0 Å². The van der Waals surface area contributed by atoms with Gasteiger partial charge in [0, 0.05) is 23.5 Å². The molecule has 178 valence electrons. The SMILES string of the molecule is CCCCn1c(C)c(CCC(C)C)n(Cc2ccc(-c3ccccc3-n3cnnn3)cc2)c1=O. The molecule has 0 spiro atoms. The fraction of sp³-hybridized carbons (Fsp3) is 0.407. The Morgan fingerprint density at radius 1 is 1.00 bits per heavy atom. The number of rotatable bonds is 10. The lowest BCUT2D eigenvalue weighted by Crippen LogP contribution is -2.26. The lowest BCUT2D eigenvalue weighted by Gasteiger charge is -2.12. The largest absolute Gasteiger partial charge is 0.328 e. The van der Waals surface area contributed by atoms with E-state index < -0.39 is 0 Å². The van der Waals surface area contributed by atoms with Crippen LogP contribution >= 0.6 is 0 Å². The zero-order chi connectivity index (χ0) is 24.1. The molecular formula is C27H34N6O. The number of imidazole rings is 1. The summed E-state index contributed by atoms with van der Waals surface area (Å²) in [6.07, 6.45) is 5.69. The van der Waals surface area contributed by atoms with Gasteiger partial charge in [0.2, 0.25) is 0 Å². The van der Waals surface area contributed by atoms with Crippen molar-refractivity contribution in [1.29, 1.82) is 0 Å². The molecule has 4 aromatic rings. The van der Waals surface area contributed by atoms with E-state index in [0.29, 0.717) is 12.5 Å². The van der Waals surface area contributed by atoms with Gasteiger partial charge in [0.15, 0.2) is 0 Å². The Kier molecular flexibility index (Phi) is 7.40. The molecule has 2 heterocycles. The van der Waals surface area contributed by atoms with Crippen molar-refractivity contribution in [3.05, 3.63) is 82.3 Å². The first-order valence-corrected chi connectivity index (χ1v) is 12.2. The first kappa shape index (κ1) is 23.7. The fourth-order valence-corrected chi connectivity index (χ4v) is 4.40. The molecule has 0 aliphatic rings. The van der Waals surface area contributed by atoms with E-state index in [1.165, 1.54) is 5.69 Å². The Labute approximate surface area is 201 Å². The number of benzene rings is 2. The third kappa shape index (κ3) is 5.03. The molecule has 0 aliphatic carbocycles. The van der Waals surface area contributed by atoms with Crippen LogP contribution in [0.5, 0.6) is 0 Å². The van der Waals surface area contributed by atoms with E-state index in [1.807, 2.05) is 27.3 Å². The summed E-state index contributed by atoms with van der Waals surface area (Å²) in [6, 6.07) is 16.5. The van der Waals surface area contributed by atoms with Crippen molar-refractivity contribution in [2.75, 3.05) is 0 Å². The predicted octanol–water partition coefficient (Wildman–Crippen LogP) is 5.04. The Morgan fingerprint density at radius 3 is 2.44 bits per heavy atom. The summed E-state index contributed by atoms with van der Waals surface area (Å²) in [5, 5.41) is 11.6. The molecule has 0 unspecified atom stereocenters.